The highest BCUT2D eigenvalue weighted by Crippen LogP contribution is 2.46. The average Bonchev–Trinajstić information content (AvgIpc) is 2.46. The van der Waals surface area contributed by atoms with Crippen LogP contribution >= 0.6 is 0 Å². The minimum absolute atomic E-state index is 0.107. The van der Waals surface area contributed by atoms with E-state index < -0.39 is 8.32 Å². The Morgan fingerprint density at radius 1 is 1.10 bits per heavy atom. The molecule has 0 N–H and O–H groups in total. The van der Waals surface area contributed by atoms with Crippen molar-refractivity contribution in [3.63, 3.8) is 0 Å². The van der Waals surface area contributed by atoms with Crippen molar-refractivity contribution in [1.29, 1.82) is 0 Å². The van der Waals surface area contributed by atoms with Crippen molar-refractivity contribution in [3.8, 4) is 0 Å². The van der Waals surface area contributed by atoms with E-state index in [1.165, 1.54) is 48.4 Å². The lowest BCUT2D eigenvalue weighted by atomic mass is 9.80. The molecule has 1 aliphatic carbocycles. The van der Waals surface area contributed by atoms with E-state index in [0.717, 1.165) is 6.42 Å². The second-order valence-electron chi connectivity index (χ2n) is 7.09. The Bertz CT molecular complexity index is 550. The van der Waals surface area contributed by atoms with E-state index in [9.17, 15) is 0 Å². The molecule has 1 spiro atoms. The van der Waals surface area contributed by atoms with Crippen LogP contribution in [-0.4, -0.2) is 13.9 Å². The highest BCUT2D eigenvalue weighted by atomic mass is 28.4. The Hall–Kier alpha value is -1.12. The van der Waals surface area contributed by atoms with Crippen LogP contribution in [0.25, 0.3) is 6.08 Å². The molecule has 1 heterocycles. The summed E-state index contributed by atoms with van der Waals surface area (Å²) in [5, 5.41) is 1.28. The standard InChI is InChI=1S/C19H26OSi/c1-16-18(14-17-10-6-4-7-11-17)15-19(20-21(16,2)3)12-8-5-9-13-19/h4,6-7,10-11,14H,1,5,8-9,12-13,15H2,2-3H3/b18-14-. The third-order valence-electron chi connectivity index (χ3n) is 5.00. The van der Waals surface area contributed by atoms with Crippen LogP contribution in [0, 0.1) is 0 Å². The van der Waals surface area contributed by atoms with E-state index in [4.69, 9.17) is 4.43 Å². The molecule has 21 heavy (non-hydrogen) atoms. The maximum absolute atomic E-state index is 6.68. The molecule has 1 nitrogen and oxygen atoms in total. The molecule has 1 saturated heterocycles. The average molecular weight is 299 g/mol. The van der Waals surface area contributed by atoms with Crippen LogP contribution in [-0.2, 0) is 4.43 Å². The van der Waals surface area contributed by atoms with Gasteiger partial charge in [-0.2, -0.15) is 0 Å². The van der Waals surface area contributed by atoms with Crippen LogP contribution in [0.3, 0.4) is 0 Å². The van der Waals surface area contributed by atoms with E-state index in [-0.39, 0.29) is 5.60 Å². The van der Waals surface area contributed by atoms with Gasteiger partial charge >= 0.3 is 0 Å². The van der Waals surface area contributed by atoms with Gasteiger partial charge in [0.1, 0.15) is 0 Å². The lowest BCUT2D eigenvalue weighted by molar-refractivity contribution is 0.0181. The molecule has 0 radical (unpaired) electrons. The summed E-state index contributed by atoms with van der Waals surface area (Å²) in [5.41, 5.74) is 2.83. The molecule has 2 fully saturated rings. The molecule has 0 atom stereocenters. The molecule has 0 unspecified atom stereocenters. The largest absolute Gasteiger partial charge is 0.407 e. The number of hydrogen-bond acceptors (Lipinski definition) is 1. The van der Waals surface area contributed by atoms with Gasteiger partial charge in [-0.15, -0.1) is 0 Å². The van der Waals surface area contributed by atoms with Gasteiger partial charge in [-0.1, -0.05) is 62.2 Å². The monoisotopic (exact) mass is 298 g/mol. The highest BCUT2D eigenvalue weighted by Gasteiger charge is 2.46. The van der Waals surface area contributed by atoms with Gasteiger partial charge in [-0.05, 0) is 42.3 Å². The number of hydrogen-bond donors (Lipinski definition) is 0. The van der Waals surface area contributed by atoms with Crippen molar-refractivity contribution in [2.45, 2.75) is 57.2 Å². The van der Waals surface area contributed by atoms with Crippen LogP contribution in [0.15, 0.2) is 47.7 Å². The zero-order chi connectivity index (χ0) is 14.9. The Morgan fingerprint density at radius 3 is 2.43 bits per heavy atom. The Kier molecular flexibility index (Phi) is 3.93. The van der Waals surface area contributed by atoms with Crippen molar-refractivity contribution in [2.75, 3.05) is 0 Å². The van der Waals surface area contributed by atoms with Gasteiger partial charge in [0, 0.05) is 6.42 Å². The van der Waals surface area contributed by atoms with E-state index in [0.29, 0.717) is 0 Å². The van der Waals surface area contributed by atoms with Gasteiger partial charge in [0.25, 0.3) is 0 Å². The van der Waals surface area contributed by atoms with E-state index >= 15 is 0 Å². The maximum atomic E-state index is 6.68. The summed E-state index contributed by atoms with van der Waals surface area (Å²) < 4.78 is 6.68. The normalized spacial score (nSPS) is 26.2. The molecule has 1 aromatic carbocycles. The molecular formula is C19H26OSi. The summed E-state index contributed by atoms with van der Waals surface area (Å²) in [4.78, 5) is 0. The lowest BCUT2D eigenvalue weighted by Gasteiger charge is -2.49. The second kappa shape index (κ2) is 5.58. The summed E-state index contributed by atoms with van der Waals surface area (Å²) >= 11 is 0. The minimum atomic E-state index is -1.83. The van der Waals surface area contributed by atoms with Gasteiger partial charge in [-0.3, -0.25) is 0 Å². The van der Waals surface area contributed by atoms with Crippen molar-refractivity contribution in [1.82, 2.24) is 0 Å². The first-order valence-electron chi connectivity index (χ1n) is 8.16. The Balaban J connectivity index is 1.95. The molecule has 112 valence electrons. The smallest absolute Gasteiger partial charge is 0.218 e. The molecule has 0 amide bonds. The molecule has 0 aromatic heterocycles. The van der Waals surface area contributed by atoms with Crippen LogP contribution in [0.1, 0.15) is 44.1 Å². The van der Waals surface area contributed by atoms with Gasteiger partial charge in [-0.25, -0.2) is 0 Å². The fourth-order valence-corrected chi connectivity index (χ4v) is 6.26. The number of benzene rings is 1. The molecule has 1 aromatic rings. The second-order valence-corrected chi connectivity index (χ2v) is 10.9. The van der Waals surface area contributed by atoms with Crippen LogP contribution < -0.4 is 0 Å². The van der Waals surface area contributed by atoms with Crippen molar-refractivity contribution < 1.29 is 4.43 Å². The SMILES string of the molecule is C=C1/C(=C\c2ccccc2)CC2(CCCCC2)O[Si]1(C)C. The summed E-state index contributed by atoms with van der Waals surface area (Å²) in [6.45, 7) is 9.01. The lowest BCUT2D eigenvalue weighted by Crippen LogP contribution is -2.51. The quantitative estimate of drug-likeness (QED) is 0.623. The predicted octanol–water partition coefficient (Wildman–Crippen LogP) is 5.49. The molecule has 1 aliphatic heterocycles. The summed E-state index contributed by atoms with van der Waals surface area (Å²) in [6, 6.07) is 10.6. The van der Waals surface area contributed by atoms with Crippen molar-refractivity contribution in [3.05, 3.63) is 53.2 Å². The first-order valence-corrected chi connectivity index (χ1v) is 11.1. The molecule has 2 heteroatoms. The topological polar surface area (TPSA) is 9.23 Å². The van der Waals surface area contributed by atoms with E-state index in [1.807, 2.05) is 0 Å². The van der Waals surface area contributed by atoms with Crippen LogP contribution in [0.5, 0.6) is 0 Å². The van der Waals surface area contributed by atoms with Gasteiger partial charge in [0.15, 0.2) is 0 Å². The molecule has 1 saturated carbocycles. The molecule has 0 bridgehead atoms. The van der Waals surface area contributed by atoms with E-state index in [1.54, 1.807) is 0 Å². The van der Waals surface area contributed by atoms with Crippen LogP contribution in [0.2, 0.25) is 13.1 Å². The summed E-state index contributed by atoms with van der Waals surface area (Å²) in [5.74, 6) is 0. The molecule has 3 rings (SSSR count). The minimum Gasteiger partial charge on any atom is -0.407 e. The zero-order valence-electron chi connectivity index (χ0n) is 13.3. The third-order valence-corrected chi connectivity index (χ3v) is 7.72. The van der Waals surface area contributed by atoms with Crippen molar-refractivity contribution >= 4 is 14.4 Å². The summed E-state index contributed by atoms with van der Waals surface area (Å²) in [6.07, 6.45) is 9.84. The Morgan fingerprint density at radius 2 is 1.76 bits per heavy atom. The van der Waals surface area contributed by atoms with E-state index in [2.05, 4.69) is 56.1 Å². The first-order chi connectivity index (χ1) is 10.0. The third kappa shape index (κ3) is 3.07. The molecular weight excluding hydrogens is 272 g/mol. The summed E-state index contributed by atoms with van der Waals surface area (Å²) in [7, 11) is -1.83. The predicted molar refractivity (Wildman–Crippen MR) is 92.6 cm³/mol. The van der Waals surface area contributed by atoms with Gasteiger partial charge < -0.3 is 4.43 Å². The van der Waals surface area contributed by atoms with Crippen molar-refractivity contribution in [2.24, 2.45) is 0 Å². The van der Waals surface area contributed by atoms with Crippen LogP contribution in [0.4, 0.5) is 0 Å². The zero-order valence-corrected chi connectivity index (χ0v) is 14.3. The van der Waals surface area contributed by atoms with Gasteiger partial charge in [0.05, 0.1) is 5.60 Å². The van der Waals surface area contributed by atoms with Gasteiger partial charge in [0.2, 0.25) is 8.32 Å². The number of rotatable bonds is 1. The highest BCUT2D eigenvalue weighted by molar-refractivity contribution is 6.79. The number of allylic oxidation sites excluding steroid dienone is 1. The maximum Gasteiger partial charge on any atom is 0.218 e. The molecule has 2 aliphatic rings. The fraction of sp³-hybridized carbons (Fsp3) is 0.474. The Labute approximate surface area is 129 Å². The first kappa shape index (κ1) is 14.8. The fourth-order valence-electron chi connectivity index (χ4n) is 3.84.